The summed E-state index contributed by atoms with van der Waals surface area (Å²) in [6.07, 6.45) is 2.84. The average Bonchev–Trinajstić information content (AvgIpc) is 2.56. The Bertz CT molecular complexity index is 359. The van der Waals surface area contributed by atoms with E-state index in [1.165, 1.54) is 12.5 Å². The third kappa shape index (κ3) is 1.83. The normalized spacial score (nSPS) is 9.54. The first-order chi connectivity index (χ1) is 6.27. The highest BCUT2D eigenvalue weighted by Crippen LogP contribution is 2.07. The van der Waals surface area contributed by atoms with Crippen LogP contribution in [0.4, 0.5) is 4.39 Å². The Balaban J connectivity index is 0.000000396. The quantitative estimate of drug-likeness (QED) is 0.623. The lowest BCUT2D eigenvalue weighted by Gasteiger charge is -1.95. The fourth-order valence-corrected chi connectivity index (χ4v) is 0.941. The van der Waals surface area contributed by atoms with Crippen LogP contribution in [-0.4, -0.2) is 14.6 Å². The van der Waals surface area contributed by atoms with E-state index in [0.29, 0.717) is 11.2 Å². The van der Waals surface area contributed by atoms with E-state index in [-0.39, 0.29) is 5.82 Å². The zero-order valence-corrected chi connectivity index (χ0v) is 7.95. The number of hydrogen-bond acceptors (Lipinski definition) is 2. The van der Waals surface area contributed by atoms with Crippen LogP contribution in [0.1, 0.15) is 19.4 Å². The minimum absolute atomic E-state index is 0.239. The van der Waals surface area contributed by atoms with E-state index >= 15 is 0 Å². The van der Waals surface area contributed by atoms with Crippen molar-refractivity contribution >= 4 is 5.65 Å². The van der Waals surface area contributed by atoms with Crippen molar-refractivity contribution in [3.8, 4) is 0 Å². The molecule has 2 aromatic heterocycles. The van der Waals surface area contributed by atoms with Gasteiger partial charge in [-0.3, -0.25) is 4.40 Å². The molecule has 0 aliphatic heterocycles. The molecule has 0 fully saturated rings. The molecule has 3 nitrogen and oxygen atoms in total. The van der Waals surface area contributed by atoms with Crippen LogP contribution >= 0.6 is 0 Å². The summed E-state index contributed by atoms with van der Waals surface area (Å²) in [5, 5.41) is 7.40. The number of nitrogens with zero attached hydrogens (tertiary/aromatic N) is 3. The fraction of sp³-hybridized carbons (Fsp3) is 0.333. The maximum absolute atomic E-state index is 12.8. The molecular formula is C9H12FN3. The Morgan fingerprint density at radius 1 is 1.38 bits per heavy atom. The summed E-state index contributed by atoms with van der Waals surface area (Å²) in [6, 6.07) is 1.66. The number of aromatic nitrogens is 3. The molecule has 0 aliphatic rings. The van der Waals surface area contributed by atoms with E-state index in [4.69, 9.17) is 0 Å². The van der Waals surface area contributed by atoms with Gasteiger partial charge in [0, 0.05) is 6.20 Å². The molecule has 0 aromatic carbocycles. The van der Waals surface area contributed by atoms with Gasteiger partial charge in [-0.15, -0.1) is 10.2 Å². The van der Waals surface area contributed by atoms with Gasteiger partial charge in [0.15, 0.2) is 5.65 Å². The van der Waals surface area contributed by atoms with E-state index in [1.807, 2.05) is 13.8 Å². The molecule has 2 rings (SSSR count). The summed E-state index contributed by atoms with van der Waals surface area (Å²) >= 11 is 0. The van der Waals surface area contributed by atoms with Crippen molar-refractivity contribution in [3.05, 3.63) is 30.0 Å². The molecule has 0 N–H and O–H groups in total. The average molecular weight is 181 g/mol. The second kappa shape index (κ2) is 3.98. The van der Waals surface area contributed by atoms with Gasteiger partial charge in [-0.25, -0.2) is 4.39 Å². The summed E-state index contributed by atoms with van der Waals surface area (Å²) in [6.45, 7) is 5.70. The highest BCUT2D eigenvalue weighted by atomic mass is 19.1. The van der Waals surface area contributed by atoms with Crippen LogP contribution in [0.2, 0.25) is 0 Å². The van der Waals surface area contributed by atoms with E-state index in [0.717, 1.165) is 0 Å². The first-order valence-electron chi connectivity index (χ1n) is 4.23. The van der Waals surface area contributed by atoms with Gasteiger partial charge in [0.05, 0.1) is 0 Å². The smallest absolute Gasteiger partial charge is 0.160 e. The van der Waals surface area contributed by atoms with Gasteiger partial charge in [0.25, 0.3) is 0 Å². The summed E-state index contributed by atoms with van der Waals surface area (Å²) in [4.78, 5) is 0. The minimum Gasteiger partial charge on any atom is -0.286 e. The SMILES string of the molecule is CC.Cc1cc2nncn2cc1F. The number of fused-ring (bicyclic) bond motifs is 1. The molecule has 2 heterocycles. The second-order valence-corrected chi connectivity index (χ2v) is 2.40. The molecule has 0 spiro atoms. The van der Waals surface area contributed by atoms with Crippen molar-refractivity contribution < 1.29 is 4.39 Å². The van der Waals surface area contributed by atoms with Crippen LogP contribution in [-0.2, 0) is 0 Å². The molecule has 0 bridgehead atoms. The molecule has 4 heteroatoms. The fourth-order valence-electron chi connectivity index (χ4n) is 0.941. The summed E-state index contributed by atoms with van der Waals surface area (Å²) in [5.41, 5.74) is 1.26. The molecule has 2 aromatic rings. The maximum atomic E-state index is 12.8. The van der Waals surface area contributed by atoms with E-state index in [2.05, 4.69) is 10.2 Å². The highest BCUT2D eigenvalue weighted by molar-refractivity contribution is 5.39. The van der Waals surface area contributed by atoms with Gasteiger partial charge >= 0.3 is 0 Å². The first-order valence-corrected chi connectivity index (χ1v) is 4.23. The maximum Gasteiger partial charge on any atom is 0.160 e. The molecule has 0 amide bonds. The predicted molar refractivity (Wildman–Crippen MR) is 49.0 cm³/mol. The lowest BCUT2D eigenvalue weighted by atomic mass is 10.3. The molecule has 0 radical (unpaired) electrons. The van der Waals surface area contributed by atoms with Crippen LogP contribution in [0.5, 0.6) is 0 Å². The lowest BCUT2D eigenvalue weighted by Crippen LogP contribution is -1.88. The first kappa shape index (κ1) is 9.64. The summed E-state index contributed by atoms with van der Waals surface area (Å²) < 4.78 is 14.4. The van der Waals surface area contributed by atoms with Crippen molar-refractivity contribution in [2.75, 3.05) is 0 Å². The third-order valence-electron chi connectivity index (χ3n) is 1.58. The number of pyridine rings is 1. The van der Waals surface area contributed by atoms with Gasteiger partial charge in [-0.1, -0.05) is 13.8 Å². The standard InChI is InChI=1S/C7H6FN3.C2H6/c1-5-2-7-10-9-4-11(7)3-6(5)8;1-2/h2-4H,1H3;1-2H3. The van der Waals surface area contributed by atoms with Crippen molar-refractivity contribution in [2.45, 2.75) is 20.8 Å². The second-order valence-electron chi connectivity index (χ2n) is 2.40. The van der Waals surface area contributed by atoms with Crippen LogP contribution in [0, 0.1) is 12.7 Å². The largest absolute Gasteiger partial charge is 0.286 e. The number of aryl methyl sites for hydroxylation is 1. The third-order valence-corrected chi connectivity index (χ3v) is 1.58. The Kier molecular flexibility index (Phi) is 2.95. The number of hydrogen-bond donors (Lipinski definition) is 0. The molecule has 0 saturated carbocycles. The van der Waals surface area contributed by atoms with Crippen LogP contribution in [0.25, 0.3) is 5.65 Å². The number of rotatable bonds is 0. The monoisotopic (exact) mass is 181 g/mol. The predicted octanol–water partition coefficient (Wildman–Crippen LogP) is 2.20. The van der Waals surface area contributed by atoms with Gasteiger partial charge in [-0.2, -0.15) is 0 Å². The van der Waals surface area contributed by atoms with Crippen LogP contribution in [0.15, 0.2) is 18.6 Å². The number of halogens is 1. The lowest BCUT2D eigenvalue weighted by molar-refractivity contribution is 0.610. The molecule has 0 atom stereocenters. The summed E-state index contributed by atoms with van der Waals surface area (Å²) in [5.74, 6) is -0.239. The molecular weight excluding hydrogens is 169 g/mol. The van der Waals surface area contributed by atoms with Gasteiger partial charge < -0.3 is 0 Å². The molecule has 0 saturated heterocycles. The molecule has 13 heavy (non-hydrogen) atoms. The topological polar surface area (TPSA) is 30.2 Å². The molecule has 0 aliphatic carbocycles. The summed E-state index contributed by atoms with van der Waals surface area (Å²) in [7, 11) is 0. The highest BCUT2D eigenvalue weighted by Gasteiger charge is 2.00. The van der Waals surface area contributed by atoms with Gasteiger partial charge in [0.1, 0.15) is 12.1 Å². The van der Waals surface area contributed by atoms with Crippen molar-refractivity contribution in [1.29, 1.82) is 0 Å². The van der Waals surface area contributed by atoms with Crippen LogP contribution < -0.4 is 0 Å². The van der Waals surface area contributed by atoms with E-state index in [1.54, 1.807) is 17.4 Å². The molecule has 70 valence electrons. The Hall–Kier alpha value is -1.45. The van der Waals surface area contributed by atoms with Crippen molar-refractivity contribution in [3.63, 3.8) is 0 Å². The van der Waals surface area contributed by atoms with E-state index in [9.17, 15) is 4.39 Å². The van der Waals surface area contributed by atoms with Gasteiger partial charge in [-0.05, 0) is 18.6 Å². The van der Waals surface area contributed by atoms with Gasteiger partial charge in [0.2, 0.25) is 0 Å². The van der Waals surface area contributed by atoms with Crippen molar-refractivity contribution in [2.24, 2.45) is 0 Å². The molecule has 0 unspecified atom stereocenters. The van der Waals surface area contributed by atoms with Crippen molar-refractivity contribution in [1.82, 2.24) is 14.6 Å². The minimum atomic E-state index is -0.239. The Morgan fingerprint density at radius 3 is 2.77 bits per heavy atom. The zero-order valence-electron chi connectivity index (χ0n) is 7.95. The zero-order chi connectivity index (χ0) is 9.84. The van der Waals surface area contributed by atoms with Crippen LogP contribution in [0.3, 0.4) is 0 Å². The Morgan fingerprint density at radius 2 is 2.08 bits per heavy atom. The van der Waals surface area contributed by atoms with E-state index < -0.39 is 0 Å². The Labute approximate surface area is 76.2 Å².